The van der Waals surface area contributed by atoms with E-state index in [0.29, 0.717) is 16.9 Å². The molecule has 0 saturated carbocycles. The summed E-state index contributed by atoms with van der Waals surface area (Å²) >= 11 is 0. The fourth-order valence-electron chi connectivity index (χ4n) is 2.63. The van der Waals surface area contributed by atoms with Gasteiger partial charge in [0, 0.05) is 30.2 Å². The molecule has 1 amide bonds. The minimum atomic E-state index is -0.406. The number of aromatic nitrogens is 3. The summed E-state index contributed by atoms with van der Waals surface area (Å²) in [5.74, 6) is -0.776. The van der Waals surface area contributed by atoms with Gasteiger partial charge in [-0.25, -0.2) is 13.9 Å². The first-order valence-corrected chi connectivity index (χ1v) is 8.22. The fourth-order valence-corrected chi connectivity index (χ4v) is 2.63. The predicted octanol–water partition coefficient (Wildman–Crippen LogP) is 2.96. The van der Waals surface area contributed by atoms with Crippen molar-refractivity contribution in [3.05, 3.63) is 59.8 Å². The molecule has 25 heavy (non-hydrogen) atoms. The first-order chi connectivity index (χ1) is 12.1. The third-order valence-corrected chi connectivity index (χ3v) is 4.04. The van der Waals surface area contributed by atoms with Gasteiger partial charge in [0.15, 0.2) is 5.65 Å². The third kappa shape index (κ3) is 3.83. The maximum absolute atomic E-state index is 13.2. The molecule has 0 atom stereocenters. The first kappa shape index (κ1) is 17.0. The van der Waals surface area contributed by atoms with Crippen LogP contribution in [0.5, 0.6) is 0 Å². The second-order valence-corrected chi connectivity index (χ2v) is 5.71. The van der Waals surface area contributed by atoms with E-state index in [1.807, 2.05) is 6.20 Å². The zero-order valence-corrected chi connectivity index (χ0v) is 14.2. The highest BCUT2D eigenvalue weighted by Crippen LogP contribution is 2.14. The van der Waals surface area contributed by atoms with E-state index in [1.54, 1.807) is 22.8 Å². The van der Waals surface area contributed by atoms with Crippen LogP contribution in [0.4, 0.5) is 10.1 Å². The first-order valence-electron chi connectivity index (χ1n) is 8.22. The predicted molar refractivity (Wildman–Crippen MR) is 94.0 cm³/mol. The number of halogens is 1. The molecule has 1 N–H and O–H groups in total. The molecule has 0 aliphatic rings. The number of benzene rings is 1. The van der Waals surface area contributed by atoms with Crippen molar-refractivity contribution >= 4 is 17.2 Å². The monoisotopic (exact) mass is 341 g/mol. The number of hydrogen-bond acceptors (Lipinski definition) is 4. The van der Waals surface area contributed by atoms with Crippen LogP contribution in [-0.4, -0.2) is 38.5 Å². The Hall–Kier alpha value is -2.80. The summed E-state index contributed by atoms with van der Waals surface area (Å²) in [6.07, 6.45) is 5.10. The zero-order valence-electron chi connectivity index (χ0n) is 14.2. The van der Waals surface area contributed by atoms with Crippen LogP contribution in [0.2, 0.25) is 0 Å². The summed E-state index contributed by atoms with van der Waals surface area (Å²) in [6.45, 7) is 6.90. The van der Waals surface area contributed by atoms with Gasteiger partial charge in [0.2, 0.25) is 0 Å². The number of anilines is 1. The van der Waals surface area contributed by atoms with Crippen molar-refractivity contribution in [1.82, 2.24) is 19.5 Å². The van der Waals surface area contributed by atoms with Gasteiger partial charge in [0.1, 0.15) is 11.4 Å². The Kier molecular flexibility index (Phi) is 5.04. The standard InChI is InChI=1S/C18H20FN5O/c1-3-23(4-2)11-13-9-20-17-16(10-21-24(17)12-13)18(25)22-15-7-5-6-14(19)8-15/h5-10,12H,3-4,11H2,1-2H3,(H,22,25). The Morgan fingerprint density at radius 3 is 2.80 bits per heavy atom. The number of fused-ring (bicyclic) bond motifs is 1. The largest absolute Gasteiger partial charge is 0.322 e. The van der Waals surface area contributed by atoms with Gasteiger partial charge < -0.3 is 5.32 Å². The molecule has 0 fully saturated rings. The lowest BCUT2D eigenvalue weighted by atomic mass is 10.2. The molecule has 1 aromatic carbocycles. The number of rotatable bonds is 6. The van der Waals surface area contributed by atoms with E-state index in [4.69, 9.17) is 0 Å². The van der Waals surface area contributed by atoms with Crippen molar-refractivity contribution in [3.8, 4) is 0 Å². The molecule has 0 unspecified atom stereocenters. The van der Waals surface area contributed by atoms with Gasteiger partial charge in [-0.05, 0) is 31.3 Å². The smallest absolute Gasteiger partial charge is 0.261 e. The summed E-state index contributed by atoms with van der Waals surface area (Å²) in [6, 6.07) is 5.75. The molecular weight excluding hydrogens is 321 g/mol. The second-order valence-electron chi connectivity index (χ2n) is 5.71. The Morgan fingerprint density at radius 2 is 2.08 bits per heavy atom. The maximum Gasteiger partial charge on any atom is 0.261 e. The van der Waals surface area contributed by atoms with E-state index >= 15 is 0 Å². The van der Waals surface area contributed by atoms with E-state index < -0.39 is 5.82 Å². The minimum Gasteiger partial charge on any atom is -0.322 e. The van der Waals surface area contributed by atoms with Crippen LogP contribution in [0.15, 0.2) is 42.9 Å². The number of carbonyl (C=O) groups is 1. The molecule has 3 aromatic rings. The molecule has 2 heterocycles. The zero-order chi connectivity index (χ0) is 17.8. The lowest BCUT2D eigenvalue weighted by molar-refractivity contribution is 0.102. The van der Waals surface area contributed by atoms with Gasteiger partial charge in [-0.2, -0.15) is 5.10 Å². The Balaban J connectivity index is 1.82. The number of nitrogens with zero attached hydrogens (tertiary/aromatic N) is 4. The molecule has 6 nitrogen and oxygen atoms in total. The Morgan fingerprint density at radius 1 is 1.28 bits per heavy atom. The molecule has 0 bridgehead atoms. The molecule has 2 aromatic heterocycles. The molecule has 0 aliphatic carbocycles. The highest BCUT2D eigenvalue weighted by Gasteiger charge is 2.15. The number of nitrogens with one attached hydrogen (secondary N) is 1. The Bertz CT molecular complexity index is 888. The second kappa shape index (κ2) is 7.40. The normalized spacial score (nSPS) is 11.2. The van der Waals surface area contributed by atoms with Crippen molar-refractivity contribution in [2.24, 2.45) is 0 Å². The van der Waals surface area contributed by atoms with Crippen LogP contribution in [-0.2, 0) is 6.54 Å². The summed E-state index contributed by atoms with van der Waals surface area (Å²) in [7, 11) is 0. The van der Waals surface area contributed by atoms with Crippen LogP contribution < -0.4 is 5.32 Å². The van der Waals surface area contributed by atoms with Crippen molar-refractivity contribution < 1.29 is 9.18 Å². The van der Waals surface area contributed by atoms with Crippen LogP contribution in [0.1, 0.15) is 29.8 Å². The SMILES string of the molecule is CCN(CC)Cc1cnc2c(C(=O)Nc3cccc(F)c3)cnn2c1. The van der Waals surface area contributed by atoms with Gasteiger partial charge in [0.05, 0.1) is 6.20 Å². The quantitative estimate of drug-likeness (QED) is 0.749. The third-order valence-electron chi connectivity index (χ3n) is 4.04. The van der Waals surface area contributed by atoms with Crippen molar-refractivity contribution in [2.45, 2.75) is 20.4 Å². The number of amides is 1. The van der Waals surface area contributed by atoms with Crippen molar-refractivity contribution in [3.63, 3.8) is 0 Å². The van der Waals surface area contributed by atoms with Gasteiger partial charge >= 0.3 is 0 Å². The van der Waals surface area contributed by atoms with Crippen LogP contribution in [0, 0.1) is 5.82 Å². The van der Waals surface area contributed by atoms with E-state index in [2.05, 4.69) is 34.1 Å². The minimum absolute atomic E-state index is 0.346. The lowest BCUT2D eigenvalue weighted by Crippen LogP contribution is -2.22. The molecule has 130 valence electrons. The van der Waals surface area contributed by atoms with E-state index in [1.165, 1.54) is 18.3 Å². The molecule has 7 heteroatoms. The lowest BCUT2D eigenvalue weighted by Gasteiger charge is -2.17. The number of hydrogen-bond donors (Lipinski definition) is 1. The molecule has 0 saturated heterocycles. The summed E-state index contributed by atoms with van der Waals surface area (Å²) < 4.78 is 14.8. The van der Waals surface area contributed by atoms with Gasteiger partial charge in [0.25, 0.3) is 5.91 Å². The van der Waals surface area contributed by atoms with Crippen molar-refractivity contribution in [1.29, 1.82) is 0 Å². The summed E-state index contributed by atoms with van der Waals surface area (Å²) in [4.78, 5) is 19.1. The van der Waals surface area contributed by atoms with E-state index in [9.17, 15) is 9.18 Å². The van der Waals surface area contributed by atoms with Gasteiger partial charge in [-0.3, -0.25) is 9.69 Å². The van der Waals surface area contributed by atoms with Gasteiger partial charge in [-0.1, -0.05) is 19.9 Å². The van der Waals surface area contributed by atoms with Crippen molar-refractivity contribution in [2.75, 3.05) is 18.4 Å². The highest BCUT2D eigenvalue weighted by atomic mass is 19.1. The van der Waals surface area contributed by atoms with Gasteiger partial charge in [-0.15, -0.1) is 0 Å². The van der Waals surface area contributed by atoms with Crippen LogP contribution in [0.3, 0.4) is 0 Å². The maximum atomic E-state index is 13.2. The molecule has 0 aliphatic heterocycles. The average Bonchev–Trinajstić information content (AvgIpc) is 3.03. The molecule has 0 spiro atoms. The number of carbonyl (C=O) groups excluding carboxylic acids is 1. The topological polar surface area (TPSA) is 62.5 Å². The van der Waals surface area contributed by atoms with E-state index in [-0.39, 0.29) is 5.91 Å². The molecular formula is C18H20FN5O. The van der Waals surface area contributed by atoms with Crippen LogP contribution >= 0.6 is 0 Å². The molecule has 3 rings (SSSR count). The average molecular weight is 341 g/mol. The summed E-state index contributed by atoms with van der Waals surface area (Å²) in [5.41, 5.74) is 2.23. The molecule has 0 radical (unpaired) electrons. The Labute approximate surface area is 145 Å². The fraction of sp³-hybridized carbons (Fsp3) is 0.278. The van der Waals surface area contributed by atoms with E-state index in [0.717, 1.165) is 25.2 Å². The highest BCUT2D eigenvalue weighted by molar-refractivity contribution is 6.08. The summed E-state index contributed by atoms with van der Waals surface area (Å²) in [5, 5.41) is 6.88. The van der Waals surface area contributed by atoms with Crippen LogP contribution in [0.25, 0.3) is 5.65 Å².